The Hall–Kier alpha value is -3.08. The first-order chi connectivity index (χ1) is 12.2. The molecule has 0 spiro atoms. The minimum Gasteiger partial charge on any atom is -0.456 e. The third-order valence-corrected chi connectivity index (χ3v) is 3.83. The summed E-state index contributed by atoms with van der Waals surface area (Å²) < 4.78 is 6.07. The summed E-state index contributed by atoms with van der Waals surface area (Å²) in [5.74, 6) is 1.85. The van der Waals surface area contributed by atoms with Gasteiger partial charge < -0.3 is 4.74 Å². The van der Waals surface area contributed by atoms with Gasteiger partial charge in [-0.2, -0.15) is 0 Å². The molecular formula is C20H19N3O2. The Kier molecular flexibility index (Phi) is 4.84. The number of nitrogens with zero attached hydrogens (tertiary/aromatic N) is 3. The van der Waals surface area contributed by atoms with Gasteiger partial charge in [-0.3, -0.25) is 9.78 Å². The van der Waals surface area contributed by atoms with Gasteiger partial charge in [0, 0.05) is 29.8 Å². The molecule has 3 heterocycles. The number of ketones is 1. The number of rotatable bonds is 2. The van der Waals surface area contributed by atoms with Gasteiger partial charge in [0.05, 0.1) is 11.2 Å². The van der Waals surface area contributed by atoms with Crippen molar-refractivity contribution in [2.24, 2.45) is 4.99 Å². The molecule has 0 saturated heterocycles. The van der Waals surface area contributed by atoms with Crippen molar-refractivity contribution >= 4 is 28.2 Å². The number of pyridine rings is 2. The van der Waals surface area contributed by atoms with E-state index in [4.69, 9.17) is 4.74 Å². The lowest BCUT2D eigenvalue weighted by Gasteiger charge is -2.16. The highest BCUT2D eigenvalue weighted by atomic mass is 16.5. The molecule has 126 valence electrons. The molecule has 0 aliphatic carbocycles. The van der Waals surface area contributed by atoms with Crippen LogP contribution in [0.3, 0.4) is 0 Å². The van der Waals surface area contributed by atoms with Gasteiger partial charge >= 0.3 is 0 Å². The van der Waals surface area contributed by atoms with Crippen molar-refractivity contribution in [1.29, 1.82) is 0 Å². The molecule has 2 aromatic heterocycles. The lowest BCUT2D eigenvalue weighted by molar-refractivity contribution is -0.112. The van der Waals surface area contributed by atoms with Crippen LogP contribution in [0.1, 0.15) is 26.3 Å². The first-order valence-corrected chi connectivity index (χ1v) is 8.30. The zero-order valence-electron chi connectivity index (χ0n) is 14.5. The molecular weight excluding hydrogens is 314 g/mol. The highest BCUT2D eigenvalue weighted by Crippen LogP contribution is 2.35. The molecule has 1 aliphatic heterocycles. The fourth-order valence-corrected chi connectivity index (χ4v) is 2.61. The Morgan fingerprint density at radius 2 is 1.80 bits per heavy atom. The van der Waals surface area contributed by atoms with Crippen LogP contribution in [0.5, 0.6) is 11.5 Å². The first-order valence-electron chi connectivity index (χ1n) is 8.30. The molecule has 0 amide bonds. The second-order valence-electron chi connectivity index (χ2n) is 5.34. The highest BCUT2D eigenvalue weighted by molar-refractivity contribution is 6.40. The fraction of sp³-hybridized carbons (Fsp3) is 0.200. The summed E-state index contributed by atoms with van der Waals surface area (Å²) in [6, 6.07) is 11.3. The van der Waals surface area contributed by atoms with Crippen molar-refractivity contribution in [3.63, 3.8) is 0 Å². The number of Topliss-reactive ketones (excluding diaryl/α,β-unsaturated/α-hetero) is 1. The summed E-state index contributed by atoms with van der Waals surface area (Å²) >= 11 is 0. The number of carbonyl (C=O) groups excluding carboxylic acids is 1. The number of benzene rings is 1. The van der Waals surface area contributed by atoms with Crippen LogP contribution >= 0.6 is 0 Å². The Bertz CT molecular complexity index is 959. The van der Waals surface area contributed by atoms with Gasteiger partial charge in [-0.15, -0.1) is 0 Å². The van der Waals surface area contributed by atoms with E-state index in [1.165, 1.54) is 0 Å². The Morgan fingerprint density at radius 1 is 0.960 bits per heavy atom. The summed E-state index contributed by atoms with van der Waals surface area (Å²) in [4.78, 5) is 24.8. The van der Waals surface area contributed by atoms with Crippen LogP contribution in [0.2, 0.25) is 0 Å². The minimum atomic E-state index is -0.00469. The SMILES string of the molecule is CC.CC1=Nc2nccc(Oc3cccc4ncccc34)c2CC1=O. The topological polar surface area (TPSA) is 64.4 Å². The number of carbonyl (C=O) groups is 1. The van der Waals surface area contributed by atoms with Crippen LogP contribution < -0.4 is 4.74 Å². The van der Waals surface area contributed by atoms with Gasteiger partial charge in [0.2, 0.25) is 0 Å². The maximum atomic E-state index is 11.9. The van der Waals surface area contributed by atoms with Crippen LogP contribution in [0, 0.1) is 0 Å². The maximum Gasteiger partial charge on any atom is 0.181 e. The summed E-state index contributed by atoms with van der Waals surface area (Å²) in [6.07, 6.45) is 3.65. The molecule has 0 unspecified atom stereocenters. The Morgan fingerprint density at radius 3 is 2.64 bits per heavy atom. The Balaban J connectivity index is 0.000000880. The maximum absolute atomic E-state index is 11.9. The van der Waals surface area contributed by atoms with Gasteiger partial charge in [-0.05, 0) is 37.3 Å². The molecule has 3 aromatic rings. The molecule has 0 atom stereocenters. The van der Waals surface area contributed by atoms with E-state index < -0.39 is 0 Å². The van der Waals surface area contributed by atoms with Crippen LogP contribution in [0.4, 0.5) is 5.82 Å². The van der Waals surface area contributed by atoms with Gasteiger partial charge in [-0.25, -0.2) is 9.98 Å². The van der Waals surface area contributed by atoms with Crippen molar-refractivity contribution in [2.75, 3.05) is 0 Å². The molecule has 0 fully saturated rings. The highest BCUT2D eigenvalue weighted by Gasteiger charge is 2.22. The molecule has 0 bridgehead atoms. The Labute approximate surface area is 146 Å². The van der Waals surface area contributed by atoms with E-state index >= 15 is 0 Å². The van der Waals surface area contributed by atoms with Crippen molar-refractivity contribution < 1.29 is 9.53 Å². The number of hydrogen-bond acceptors (Lipinski definition) is 5. The summed E-state index contributed by atoms with van der Waals surface area (Å²) in [6.45, 7) is 5.71. The van der Waals surface area contributed by atoms with Crippen LogP contribution in [-0.2, 0) is 11.2 Å². The average Bonchev–Trinajstić information content (AvgIpc) is 2.65. The zero-order valence-corrected chi connectivity index (χ0v) is 14.5. The number of fused-ring (bicyclic) bond motifs is 2. The van der Waals surface area contributed by atoms with Gasteiger partial charge in [0.15, 0.2) is 11.6 Å². The predicted octanol–water partition coefficient (Wildman–Crippen LogP) is 4.67. The van der Waals surface area contributed by atoms with Gasteiger partial charge in [0.1, 0.15) is 11.5 Å². The van der Waals surface area contributed by atoms with E-state index in [9.17, 15) is 4.79 Å². The van der Waals surface area contributed by atoms with Crippen LogP contribution in [0.25, 0.3) is 10.9 Å². The van der Waals surface area contributed by atoms with E-state index in [2.05, 4.69) is 15.0 Å². The third-order valence-electron chi connectivity index (χ3n) is 3.83. The zero-order chi connectivity index (χ0) is 17.8. The number of aromatic nitrogens is 2. The van der Waals surface area contributed by atoms with Gasteiger partial charge in [-0.1, -0.05) is 19.9 Å². The summed E-state index contributed by atoms with van der Waals surface area (Å²) in [5, 5.41) is 0.919. The van der Waals surface area contributed by atoms with Crippen molar-refractivity contribution in [2.45, 2.75) is 27.2 Å². The molecule has 0 saturated carbocycles. The van der Waals surface area contributed by atoms with E-state index in [1.54, 1.807) is 25.4 Å². The standard InChI is InChI=1S/C18H13N3O2.C2H6/c1-11-15(22)10-13-17(7-9-20-18(13)21-11)23-16-6-2-5-14-12(16)4-3-8-19-14;1-2/h2-9H,10H2,1H3;1-2H3. The number of aliphatic imine (C=N–C) groups is 1. The predicted molar refractivity (Wildman–Crippen MR) is 98.9 cm³/mol. The van der Waals surface area contributed by atoms with Gasteiger partial charge in [0.25, 0.3) is 0 Å². The minimum absolute atomic E-state index is 0.00469. The number of hydrogen-bond donors (Lipinski definition) is 0. The third kappa shape index (κ3) is 3.26. The second-order valence-corrected chi connectivity index (χ2v) is 5.34. The first kappa shape index (κ1) is 16.8. The van der Waals surface area contributed by atoms with Crippen LogP contribution in [-0.4, -0.2) is 21.5 Å². The molecule has 1 aliphatic rings. The molecule has 0 N–H and O–H groups in total. The molecule has 0 radical (unpaired) electrons. The van der Waals surface area contributed by atoms with Crippen molar-refractivity contribution in [1.82, 2.24) is 9.97 Å². The quantitative estimate of drug-likeness (QED) is 0.684. The summed E-state index contributed by atoms with van der Waals surface area (Å²) in [7, 11) is 0. The molecule has 25 heavy (non-hydrogen) atoms. The monoisotopic (exact) mass is 333 g/mol. The molecule has 5 heteroatoms. The van der Waals surface area contributed by atoms with E-state index in [0.29, 0.717) is 23.0 Å². The molecule has 1 aromatic carbocycles. The van der Waals surface area contributed by atoms with Crippen LogP contribution in [0.15, 0.2) is 53.8 Å². The van der Waals surface area contributed by atoms with E-state index in [0.717, 1.165) is 16.5 Å². The van der Waals surface area contributed by atoms with E-state index in [-0.39, 0.29) is 12.2 Å². The fourth-order valence-electron chi connectivity index (χ4n) is 2.61. The smallest absolute Gasteiger partial charge is 0.181 e. The molecule has 4 rings (SSSR count). The normalized spacial score (nSPS) is 12.8. The van der Waals surface area contributed by atoms with Crippen molar-refractivity contribution in [3.8, 4) is 11.5 Å². The number of ether oxygens (including phenoxy) is 1. The molecule has 5 nitrogen and oxygen atoms in total. The van der Waals surface area contributed by atoms with E-state index in [1.807, 2.05) is 44.2 Å². The largest absolute Gasteiger partial charge is 0.456 e. The average molecular weight is 333 g/mol. The lowest BCUT2D eigenvalue weighted by atomic mass is 10.0. The second kappa shape index (κ2) is 7.21. The summed E-state index contributed by atoms with van der Waals surface area (Å²) in [5.41, 5.74) is 2.07. The lowest BCUT2D eigenvalue weighted by Crippen LogP contribution is -2.17. The van der Waals surface area contributed by atoms with Crippen molar-refractivity contribution in [3.05, 3.63) is 54.4 Å².